The maximum absolute atomic E-state index is 6.73. The highest BCUT2D eigenvalue weighted by atomic mass is 16.3. The van der Waals surface area contributed by atoms with Crippen LogP contribution in [-0.2, 0) is 0 Å². The lowest BCUT2D eigenvalue weighted by Crippen LogP contribution is -2.11. The number of hydrogen-bond donors (Lipinski definition) is 0. The van der Waals surface area contributed by atoms with Gasteiger partial charge in [-0.05, 0) is 80.4 Å². The summed E-state index contributed by atoms with van der Waals surface area (Å²) in [6.07, 6.45) is 0. The quantitative estimate of drug-likeness (QED) is 0.156. The van der Waals surface area contributed by atoms with E-state index in [-0.39, 0.29) is 0 Å². The molecule has 10 aromatic rings. The Morgan fingerprint density at radius 1 is 0.268 bits per heavy atom. The third-order valence-electron chi connectivity index (χ3n) is 10.7. The number of nitrogens with zero attached hydrogens (tertiary/aromatic N) is 1. The molecule has 10 rings (SSSR count). The Hall–Kier alpha value is -7.42. The Bertz CT molecular complexity index is 2960. The molecular weight excluding hydrogens is 679 g/mol. The lowest BCUT2D eigenvalue weighted by molar-refractivity contribution is 0.669. The van der Waals surface area contributed by atoms with Crippen LogP contribution in [-0.4, -0.2) is 0 Å². The van der Waals surface area contributed by atoms with Gasteiger partial charge in [0.15, 0.2) is 5.58 Å². The molecule has 0 spiro atoms. The van der Waals surface area contributed by atoms with E-state index in [2.05, 4.69) is 223 Å². The van der Waals surface area contributed by atoms with Crippen molar-refractivity contribution >= 4 is 39.0 Å². The average molecular weight is 716 g/mol. The molecule has 0 saturated heterocycles. The molecule has 2 nitrogen and oxygen atoms in total. The summed E-state index contributed by atoms with van der Waals surface area (Å²) in [5.41, 5.74) is 16.6. The zero-order valence-corrected chi connectivity index (χ0v) is 30.7. The van der Waals surface area contributed by atoms with Crippen LogP contribution in [0.3, 0.4) is 0 Å². The number of benzene rings is 9. The first-order valence-corrected chi connectivity index (χ1v) is 19.1. The maximum atomic E-state index is 6.73. The second kappa shape index (κ2) is 14.4. The molecule has 0 radical (unpaired) electrons. The Morgan fingerprint density at radius 2 is 0.679 bits per heavy atom. The van der Waals surface area contributed by atoms with Crippen molar-refractivity contribution in [2.45, 2.75) is 0 Å². The summed E-state index contributed by atoms with van der Waals surface area (Å²) in [5, 5.41) is 2.19. The third-order valence-corrected chi connectivity index (χ3v) is 10.7. The summed E-state index contributed by atoms with van der Waals surface area (Å²) in [6, 6.07) is 79.9. The summed E-state index contributed by atoms with van der Waals surface area (Å²) < 4.78 is 6.73. The molecule has 0 aliphatic rings. The van der Waals surface area contributed by atoms with Crippen LogP contribution in [0.2, 0.25) is 0 Å². The highest BCUT2D eigenvalue weighted by Crippen LogP contribution is 2.48. The van der Waals surface area contributed by atoms with Gasteiger partial charge in [-0.3, -0.25) is 0 Å². The Kier molecular flexibility index (Phi) is 8.55. The average Bonchev–Trinajstić information content (AvgIpc) is 3.67. The smallest absolute Gasteiger partial charge is 0.159 e. The molecule has 1 heterocycles. The minimum Gasteiger partial charge on any atom is -0.454 e. The van der Waals surface area contributed by atoms with Crippen molar-refractivity contribution in [2.24, 2.45) is 0 Å². The van der Waals surface area contributed by atoms with E-state index in [0.29, 0.717) is 0 Å². The van der Waals surface area contributed by atoms with E-state index >= 15 is 0 Å². The second-order valence-electron chi connectivity index (χ2n) is 14.0. The fraction of sp³-hybridized carbons (Fsp3) is 0. The minimum atomic E-state index is 0.852. The van der Waals surface area contributed by atoms with Crippen LogP contribution in [0.1, 0.15) is 0 Å². The number of para-hydroxylation sites is 3. The third kappa shape index (κ3) is 5.95. The molecule has 0 saturated carbocycles. The number of furan rings is 1. The summed E-state index contributed by atoms with van der Waals surface area (Å²) in [5.74, 6) is 0. The lowest BCUT2D eigenvalue weighted by Gasteiger charge is -2.28. The van der Waals surface area contributed by atoms with Gasteiger partial charge >= 0.3 is 0 Å². The van der Waals surface area contributed by atoms with Gasteiger partial charge in [-0.15, -0.1) is 0 Å². The molecule has 2 heteroatoms. The molecule has 0 N–H and O–H groups in total. The van der Waals surface area contributed by atoms with Crippen LogP contribution >= 0.6 is 0 Å². The van der Waals surface area contributed by atoms with Crippen molar-refractivity contribution in [1.29, 1.82) is 0 Å². The van der Waals surface area contributed by atoms with Crippen molar-refractivity contribution in [3.05, 3.63) is 224 Å². The van der Waals surface area contributed by atoms with Crippen molar-refractivity contribution in [3.8, 4) is 55.6 Å². The molecule has 0 aliphatic carbocycles. The van der Waals surface area contributed by atoms with Gasteiger partial charge in [-0.2, -0.15) is 0 Å². The fourth-order valence-corrected chi connectivity index (χ4v) is 8.15. The molecule has 0 bridgehead atoms. The molecule has 0 fully saturated rings. The first kappa shape index (κ1) is 33.2. The Labute approximate surface area is 327 Å². The van der Waals surface area contributed by atoms with Gasteiger partial charge in [-0.1, -0.05) is 194 Å². The van der Waals surface area contributed by atoms with Gasteiger partial charge in [0.25, 0.3) is 0 Å². The maximum Gasteiger partial charge on any atom is 0.159 e. The van der Waals surface area contributed by atoms with Gasteiger partial charge < -0.3 is 9.32 Å². The summed E-state index contributed by atoms with van der Waals surface area (Å²) in [4.78, 5) is 2.37. The minimum absolute atomic E-state index is 0.852. The van der Waals surface area contributed by atoms with E-state index in [1.165, 1.54) is 38.9 Å². The number of anilines is 3. The standard InChI is InChI=1S/C54H37NO/c1-3-18-38(19-4-1)42-22-7-8-23-43(42)40-34-36-41(37-35-40)55(52-32-17-30-50-49-29-14-16-33-53(49)56-54(50)52)51-31-15-13-28-48(51)47-27-12-11-26-46(47)45-25-10-9-24-44(45)39-20-5-2-6-21-39/h1-37H. The SMILES string of the molecule is c1ccc(-c2ccccc2-c2ccc(N(c3ccccc3-c3ccccc3-c3ccccc3-c3ccccc3)c3cccc4c3oc3ccccc34)cc2)cc1. The van der Waals surface area contributed by atoms with E-state index in [1.54, 1.807) is 0 Å². The van der Waals surface area contributed by atoms with Crippen molar-refractivity contribution < 1.29 is 4.42 Å². The zero-order valence-electron chi connectivity index (χ0n) is 30.7. The predicted molar refractivity (Wildman–Crippen MR) is 236 cm³/mol. The molecule has 1 aromatic heterocycles. The first-order chi connectivity index (χ1) is 27.8. The van der Waals surface area contributed by atoms with Crippen LogP contribution < -0.4 is 4.90 Å². The van der Waals surface area contributed by atoms with E-state index < -0.39 is 0 Å². The van der Waals surface area contributed by atoms with Gasteiger partial charge in [0.1, 0.15) is 5.58 Å². The lowest BCUT2D eigenvalue weighted by atomic mass is 9.88. The van der Waals surface area contributed by atoms with E-state index in [1.807, 2.05) is 6.07 Å². The molecule has 0 atom stereocenters. The molecule has 0 aliphatic heterocycles. The van der Waals surface area contributed by atoms with Crippen molar-refractivity contribution in [1.82, 2.24) is 0 Å². The first-order valence-electron chi connectivity index (χ1n) is 19.1. The van der Waals surface area contributed by atoms with Crippen LogP contribution in [0.4, 0.5) is 17.1 Å². The van der Waals surface area contributed by atoms with E-state index in [9.17, 15) is 0 Å². The highest BCUT2D eigenvalue weighted by molar-refractivity contribution is 6.11. The van der Waals surface area contributed by atoms with Gasteiger partial charge in [-0.25, -0.2) is 0 Å². The number of fused-ring (bicyclic) bond motifs is 3. The molecular formula is C54H37NO. The highest BCUT2D eigenvalue weighted by Gasteiger charge is 2.23. The van der Waals surface area contributed by atoms with Crippen molar-refractivity contribution in [3.63, 3.8) is 0 Å². The van der Waals surface area contributed by atoms with Gasteiger partial charge in [0.2, 0.25) is 0 Å². The van der Waals surface area contributed by atoms with Crippen LogP contribution in [0, 0.1) is 0 Å². The Morgan fingerprint density at radius 3 is 1.30 bits per heavy atom. The van der Waals surface area contributed by atoms with Crippen LogP contribution in [0.5, 0.6) is 0 Å². The molecule has 264 valence electrons. The molecule has 9 aromatic carbocycles. The zero-order chi connectivity index (χ0) is 37.3. The van der Waals surface area contributed by atoms with E-state index in [0.717, 1.165) is 55.7 Å². The Balaban J connectivity index is 1.18. The summed E-state index contributed by atoms with van der Waals surface area (Å²) in [7, 11) is 0. The van der Waals surface area contributed by atoms with Crippen LogP contribution in [0.15, 0.2) is 229 Å². The monoisotopic (exact) mass is 715 g/mol. The van der Waals surface area contributed by atoms with Crippen LogP contribution in [0.25, 0.3) is 77.6 Å². The number of rotatable bonds is 8. The number of hydrogen-bond acceptors (Lipinski definition) is 2. The summed E-state index contributed by atoms with van der Waals surface area (Å²) >= 11 is 0. The molecule has 0 unspecified atom stereocenters. The summed E-state index contributed by atoms with van der Waals surface area (Å²) in [6.45, 7) is 0. The fourth-order valence-electron chi connectivity index (χ4n) is 8.15. The van der Waals surface area contributed by atoms with E-state index in [4.69, 9.17) is 4.42 Å². The largest absolute Gasteiger partial charge is 0.454 e. The topological polar surface area (TPSA) is 16.4 Å². The second-order valence-corrected chi connectivity index (χ2v) is 14.0. The normalized spacial score (nSPS) is 11.2. The molecule has 56 heavy (non-hydrogen) atoms. The van der Waals surface area contributed by atoms with Crippen molar-refractivity contribution in [2.75, 3.05) is 4.90 Å². The predicted octanol–water partition coefficient (Wildman–Crippen LogP) is 15.4. The van der Waals surface area contributed by atoms with Gasteiger partial charge in [0, 0.05) is 22.0 Å². The van der Waals surface area contributed by atoms with Gasteiger partial charge in [0.05, 0.1) is 11.4 Å². The molecule has 0 amide bonds.